The molecule has 28 atom stereocenters. The van der Waals surface area contributed by atoms with Crippen molar-refractivity contribution < 1.29 is 82.3 Å². The standard InChI is InChI=1S/2C24H30FN4O5P.2C23H29FN3O5P/c2*1-4-17-21(20(25)22(32-17)28-14-12-19(26-15(2)30)27-23(28)31)33-35-29-13-8-11-18(29)24(3,34-35)16-9-6-5-7-10-16;2*1-4-16-19(18(24)21(30-16)26-13-14(2)20(28)25-22(26)29)31-33-27-12-8-11-17(27)23(3,32-33)15-9-6-5-7-10-15/h2*5-7,9-10,12,14,17-18,20-22H,4,8,11,13H2,1-3H3,(H,26,27,30,31);2*5-7,9-10,13,16-19,21H,4,8,11-12H2,1-3H3,(H,25,28,29)/t17-,18+,20?,21+,22-,24-,35+;17-,18-,20?,21+,22-,24+,35-;16-,17+,18?,19+,21-,23-,33+;16-,17-,18?,19+,21-,23+,33-/m1111/s1. The number of hydrogen-bond donors (Lipinski definition) is 4. The molecule has 8 aromatic rings. The highest BCUT2D eigenvalue weighted by Gasteiger charge is 2.63. The summed E-state index contributed by atoms with van der Waals surface area (Å²) >= 11 is 0. The fourth-order valence-corrected chi connectivity index (χ4v) is 29.3. The SMILES string of the molecule is CC[C@H]1O[C@@H](n2cc(C)c(=O)[nH]c2=O)C(F)[C@H]1O[P@@]1O[C@](C)(c2ccccc2)[C@@H]2CCCN21.CC[C@H]1O[C@@H](n2cc(C)c(=O)[nH]c2=O)C(F)[C@H]1O[P@]1O[C@@](C)(c2ccccc2)[C@H]2CCCN21.CC[C@H]1O[C@@H](n2ccc(NC(C)=O)nc2=O)C(F)[C@H]1O[P@@]1O[C@](C)(c2ccccc2)[C@@H]2CCCN21.CC[C@H]1O[C@@H](n2ccc(NC(C)=O)nc2=O)C(F)[C@H]1O[P@]1O[C@@](C)(c2ccccc2)[C@H]2CCCN21. The van der Waals surface area contributed by atoms with Gasteiger partial charge in [0.05, 0.1) is 48.6 Å². The lowest BCUT2D eigenvalue weighted by molar-refractivity contribution is -0.115. The molecule has 0 aliphatic carbocycles. The van der Waals surface area contributed by atoms with Gasteiger partial charge in [0.25, 0.3) is 45.2 Å². The number of alkyl halides is 4. The van der Waals surface area contributed by atoms with Crippen LogP contribution in [0.15, 0.2) is 187 Å². The van der Waals surface area contributed by atoms with Crippen LogP contribution in [0.25, 0.3) is 0 Å². The minimum Gasteiger partial charge on any atom is -0.349 e. The van der Waals surface area contributed by atoms with Crippen molar-refractivity contribution in [3.05, 3.63) is 254 Å². The van der Waals surface area contributed by atoms with Crippen LogP contribution in [0.3, 0.4) is 0 Å². The van der Waals surface area contributed by atoms with Crippen molar-refractivity contribution >= 4 is 57.6 Å². The predicted octanol–water partition coefficient (Wildman–Crippen LogP) is 14.8. The normalized spacial score (nSPS) is 35.5. The second-order valence-corrected chi connectivity index (χ2v) is 42.3. The Labute approximate surface area is 788 Å². The summed E-state index contributed by atoms with van der Waals surface area (Å²) in [6.45, 7) is 25.0. The molecule has 0 saturated carbocycles. The van der Waals surface area contributed by atoms with Crippen molar-refractivity contribution in [3.8, 4) is 0 Å². The third-order valence-corrected chi connectivity index (χ3v) is 35.4. The molecule has 0 spiro atoms. The third kappa shape index (κ3) is 19.4. The van der Waals surface area contributed by atoms with Crippen LogP contribution in [0, 0.1) is 13.8 Å². The Balaban J connectivity index is 0.000000126. The van der Waals surface area contributed by atoms with Gasteiger partial charge in [-0.3, -0.25) is 47.4 Å². The number of halogens is 4. The van der Waals surface area contributed by atoms with Crippen LogP contribution in [-0.2, 0) is 87.1 Å². The number of amides is 2. The van der Waals surface area contributed by atoms with Crippen LogP contribution in [0.2, 0.25) is 0 Å². The predicted molar refractivity (Wildman–Crippen MR) is 500 cm³/mol. The number of H-pyrrole nitrogens is 2. The van der Waals surface area contributed by atoms with Crippen LogP contribution in [0.4, 0.5) is 29.2 Å². The monoisotopic (exact) mass is 1960 g/mol. The van der Waals surface area contributed by atoms with E-state index in [1.807, 2.05) is 100 Å². The first-order valence-corrected chi connectivity index (χ1v) is 51.3. The molecular formula is C94H118F4N14O20P4. The van der Waals surface area contributed by atoms with Crippen molar-refractivity contribution in [2.24, 2.45) is 0 Å². The number of carbonyl (C=O) groups excluding carboxylic acids is 2. The van der Waals surface area contributed by atoms with Gasteiger partial charge >= 0.3 is 22.8 Å². The molecule has 4 aromatic carbocycles. The van der Waals surface area contributed by atoms with Gasteiger partial charge in [-0.1, -0.05) is 149 Å². The van der Waals surface area contributed by atoms with E-state index in [9.17, 15) is 38.4 Å². The lowest BCUT2D eigenvalue weighted by Crippen LogP contribution is -2.37. The van der Waals surface area contributed by atoms with Crippen LogP contribution in [0.1, 0.15) is 205 Å². The highest BCUT2D eigenvalue weighted by atomic mass is 31.2. The van der Waals surface area contributed by atoms with Gasteiger partial charge in [-0.25, -0.2) is 55.4 Å². The van der Waals surface area contributed by atoms with E-state index in [0.29, 0.717) is 36.8 Å². The number of aromatic amines is 2. The molecule has 2 amide bonds. The maximum Gasteiger partial charge on any atom is 0.351 e. The molecule has 0 bridgehead atoms. The van der Waals surface area contributed by atoms with E-state index in [0.717, 1.165) is 118 Å². The van der Waals surface area contributed by atoms with E-state index in [-0.39, 0.29) is 47.6 Å². The van der Waals surface area contributed by atoms with Crippen molar-refractivity contribution in [2.45, 2.75) is 305 Å². The number of nitrogens with one attached hydrogen (secondary N) is 4. The molecule has 34 nitrogen and oxygen atoms in total. The number of hydrogen-bond acceptors (Lipinski definition) is 26. The number of nitrogens with zero attached hydrogens (tertiary/aromatic N) is 10. The first-order chi connectivity index (χ1) is 65.3. The molecule has 12 aliphatic rings. The van der Waals surface area contributed by atoms with Crippen molar-refractivity contribution in [1.29, 1.82) is 0 Å². The zero-order chi connectivity index (χ0) is 96.1. The topological polar surface area (TPSA) is 361 Å². The Morgan fingerprint density at radius 1 is 0.397 bits per heavy atom. The minimum atomic E-state index is -1.60. The third-order valence-electron chi connectivity index (χ3n) is 27.9. The number of anilines is 2. The Morgan fingerprint density at radius 3 is 0.868 bits per heavy atom. The van der Waals surface area contributed by atoms with Gasteiger partial charge in [0.15, 0.2) is 49.6 Å². The molecule has 16 heterocycles. The fourth-order valence-electron chi connectivity index (χ4n) is 20.7. The average molecular weight is 1960 g/mol. The minimum absolute atomic E-state index is 0.107. The van der Waals surface area contributed by atoms with Crippen LogP contribution in [-0.4, -0.2) is 193 Å². The largest absolute Gasteiger partial charge is 0.351 e. The van der Waals surface area contributed by atoms with E-state index >= 15 is 17.6 Å². The molecular weight excluding hydrogens is 1840 g/mol. The van der Waals surface area contributed by atoms with Gasteiger partial charge in [-0.15, -0.1) is 0 Å². The van der Waals surface area contributed by atoms with E-state index in [4.69, 9.17) is 55.1 Å². The summed E-state index contributed by atoms with van der Waals surface area (Å²) in [5.74, 6) is -0.488. The van der Waals surface area contributed by atoms with E-state index in [2.05, 4.69) is 125 Å². The fraction of sp³-hybridized carbons (Fsp3) is 0.553. The van der Waals surface area contributed by atoms with E-state index in [1.54, 1.807) is 13.8 Å². The Hall–Kier alpha value is -8.26. The summed E-state index contributed by atoms with van der Waals surface area (Å²) in [6.07, 6.45) is -1.24. The summed E-state index contributed by atoms with van der Waals surface area (Å²) in [7, 11) is -6.04. The van der Waals surface area contributed by atoms with Crippen LogP contribution < -0.4 is 44.5 Å². The van der Waals surface area contributed by atoms with Gasteiger partial charge in [0.2, 0.25) is 11.8 Å². The summed E-state index contributed by atoms with van der Waals surface area (Å²) in [4.78, 5) is 108. The molecule has 20 rings (SSSR count). The molecule has 12 aliphatic heterocycles. The van der Waals surface area contributed by atoms with Crippen molar-refractivity contribution in [1.82, 2.24) is 56.9 Å². The van der Waals surface area contributed by atoms with Crippen LogP contribution in [0.5, 0.6) is 0 Å². The van der Waals surface area contributed by atoms with Crippen molar-refractivity contribution in [2.75, 3.05) is 36.8 Å². The molecule has 4 N–H and O–H groups in total. The van der Waals surface area contributed by atoms with Gasteiger partial charge in [0, 0.05) is 75.9 Å². The molecule has 12 fully saturated rings. The molecule has 12 saturated heterocycles. The zero-order valence-corrected chi connectivity index (χ0v) is 81.4. The first-order valence-electron chi connectivity index (χ1n) is 46.8. The summed E-state index contributed by atoms with van der Waals surface area (Å²) in [5, 5.41) is 4.90. The lowest BCUT2D eigenvalue weighted by atomic mass is 9.87. The number of benzene rings is 4. The number of ether oxygens (including phenoxy) is 4. The number of aromatic nitrogens is 8. The van der Waals surface area contributed by atoms with Crippen LogP contribution >= 0.6 is 34.1 Å². The van der Waals surface area contributed by atoms with Gasteiger partial charge in [-0.05, 0) is 153 Å². The van der Waals surface area contributed by atoms with Crippen molar-refractivity contribution in [3.63, 3.8) is 0 Å². The maximum atomic E-state index is 15.8. The number of aryl methyl sites for hydroxylation is 2. The Morgan fingerprint density at radius 2 is 0.640 bits per heavy atom. The molecule has 4 aromatic heterocycles. The highest BCUT2D eigenvalue weighted by Crippen LogP contribution is 2.69. The lowest BCUT2D eigenvalue weighted by Gasteiger charge is -2.29. The molecule has 136 heavy (non-hydrogen) atoms. The molecule has 4 unspecified atom stereocenters. The molecule has 732 valence electrons. The van der Waals surface area contributed by atoms with Gasteiger partial charge < -0.3 is 65.8 Å². The van der Waals surface area contributed by atoms with E-state index < -0.39 is 189 Å². The van der Waals surface area contributed by atoms with Gasteiger partial charge in [0.1, 0.15) is 58.5 Å². The summed E-state index contributed by atoms with van der Waals surface area (Å²) in [5.41, 5.74) is -1.05. The smallest absolute Gasteiger partial charge is 0.349 e. The average Bonchev–Trinajstić information content (AvgIpc) is 1.59. The summed E-state index contributed by atoms with van der Waals surface area (Å²) in [6, 6.07) is 43.8. The second kappa shape index (κ2) is 41.5. The Bertz CT molecular complexity index is 5590. The first kappa shape index (κ1) is 99.3. The molecule has 42 heteroatoms. The number of rotatable bonds is 22. The Kier molecular flexibility index (Phi) is 30.3. The maximum absolute atomic E-state index is 15.8. The molecule has 0 radical (unpaired) electrons. The number of carbonyl (C=O) groups is 2. The zero-order valence-electron chi connectivity index (χ0n) is 77.8. The highest BCUT2D eigenvalue weighted by molar-refractivity contribution is 7.45. The summed E-state index contributed by atoms with van der Waals surface area (Å²) < 4.78 is 152. The number of fused-ring (bicyclic) bond motifs is 4. The van der Waals surface area contributed by atoms with E-state index in [1.165, 1.54) is 50.8 Å². The van der Waals surface area contributed by atoms with Gasteiger partial charge in [-0.2, -0.15) is 9.97 Å². The second-order valence-electron chi connectivity index (χ2n) is 36.8. The quantitative estimate of drug-likeness (QED) is 0.0362.